The van der Waals surface area contributed by atoms with Crippen LogP contribution in [0, 0.1) is 0 Å². The molecule has 0 radical (unpaired) electrons. The van der Waals surface area contributed by atoms with E-state index in [1.807, 2.05) is 0 Å². The molecule has 0 bridgehead atoms. The Morgan fingerprint density at radius 2 is 1.79 bits per heavy atom. The second-order valence-corrected chi connectivity index (χ2v) is 10.4. The van der Waals surface area contributed by atoms with Crippen molar-refractivity contribution in [3.63, 3.8) is 0 Å². The molecular formula is C27H25NO11. The van der Waals surface area contributed by atoms with Gasteiger partial charge in [0.15, 0.2) is 17.9 Å². The Kier molecular flexibility index (Phi) is 5.51. The van der Waals surface area contributed by atoms with E-state index in [-0.39, 0.29) is 35.1 Å². The van der Waals surface area contributed by atoms with Crippen molar-refractivity contribution in [3.05, 3.63) is 51.6 Å². The number of carbonyl (C=O) groups excluding carboxylic acids is 4. The molecule has 2 aliphatic heterocycles. The molecule has 4 aliphatic rings. The molecule has 204 valence electrons. The molecule has 6 atom stereocenters. The minimum Gasteiger partial charge on any atom is -0.507 e. The molecule has 5 N–H and O–H groups in total. The zero-order valence-corrected chi connectivity index (χ0v) is 20.9. The number of Topliss-reactive ketones (excluding diaryl/α,β-unsaturated/α-hetero) is 1. The zero-order chi connectivity index (χ0) is 28.0. The van der Waals surface area contributed by atoms with Gasteiger partial charge in [-0.3, -0.25) is 14.4 Å². The number of aliphatic hydroxyl groups is 1. The SMILES string of the molecule is CC(=O)[C@]1(O)Cc2c(O)c3c(c(O)c2[C@@H](OC2CC4NC(=O)OC4[C@@H](C)O2)C1)C(=O)c1c(O)cccc1C3=O. The van der Waals surface area contributed by atoms with Gasteiger partial charge in [0.05, 0.1) is 34.9 Å². The second kappa shape index (κ2) is 8.50. The number of benzene rings is 2. The van der Waals surface area contributed by atoms with E-state index in [1.165, 1.54) is 25.1 Å². The smallest absolute Gasteiger partial charge is 0.407 e. The molecule has 2 aromatic carbocycles. The molecule has 0 saturated carbocycles. The summed E-state index contributed by atoms with van der Waals surface area (Å²) >= 11 is 0. The van der Waals surface area contributed by atoms with Crippen LogP contribution < -0.4 is 5.32 Å². The van der Waals surface area contributed by atoms with Crippen molar-refractivity contribution < 1.29 is 53.8 Å². The largest absolute Gasteiger partial charge is 0.507 e. The lowest BCUT2D eigenvalue weighted by atomic mass is 9.72. The number of aromatic hydroxyl groups is 3. The van der Waals surface area contributed by atoms with Gasteiger partial charge in [0.2, 0.25) is 5.78 Å². The lowest BCUT2D eigenvalue weighted by molar-refractivity contribution is -0.242. The Balaban J connectivity index is 1.47. The van der Waals surface area contributed by atoms with E-state index in [0.29, 0.717) is 0 Å². The van der Waals surface area contributed by atoms with E-state index in [4.69, 9.17) is 14.2 Å². The van der Waals surface area contributed by atoms with E-state index in [2.05, 4.69) is 5.32 Å². The van der Waals surface area contributed by atoms with E-state index in [1.54, 1.807) is 6.92 Å². The predicted octanol–water partition coefficient (Wildman–Crippen LogP) is 1.51. The van der Waals surface area contributed by atoms with Crippen molar-refractivity contribution >= 4 is 23.4 Å². The van der Waals surface area contributed by atoms with Gasteiger partial charge >= 0.3 is 6.09 Å². The van der Waals surface area contributed by atoms with E-state index >= 15 is 0 Å². The molecule has 1 amide bonds. The van der Waals surface area contributed by atoms with Crippen molar-refractivity contribution in [1.29, 1.82) is 0 Å². The maximum absolute atomic E-state index is 13.5. The summed E-state index contributed by atoms with van der Waals surface area (Å²) in [6.45, 7) is 2.85. The number of fused-ring (bicyclic) bond motifs is 4. The van der Waals surface area contributed by atoms with Crippen molar-refractivity contribution in [3.8, 4) is 17.2 Å². The minimum atomic E-state index is -2.03. The fourth-order valence-corrected chi connectivity index (χ4v) is 6.09. The van der Waals surface area contributed by atoms with Crippen LogP contribution in [-0.4, -0.2) is 74.0 Å². The van der Waals surface area contributed by atoms with Crippen LogP contribution in [0.15, 0.2) is 18.2 Å². The van der Waals surface area contributed by atoms with Crippen molar-refractivity contribution in [2.75, 3.05) is 0 Å². The highest BCUT2D eigenvalue weighted by molar-refractivity contribution is 6.31. The summed E-state index contributed by atoms with van der Waals surface area (Å²) in [7, 11) is 0. The first kappa shape index (κ1) is 25.3. The topological polar surface area (TPSA) is 189 Å². The standard InChI is InChI=1S/C27H25NO11/c1-9-25-13(28-26(35)39-25)6-16(37-9)38-15-8-27(36,10(2)29)7-12-18(15)24(34)20-19(22(12)32)21(31)11-4-3-5-14(30)17(11)23(20)33/h3-5,9,13,15-16,25,30,32,34,36H,6-8H2,1-2H3,(H,28,35)/t9-,13?,15+,16?,25?,27+/m1/s1. The summed E-state index contributed by atoms with van der Waals surface area (Å²) in [5.74, 6) is -4.13. The van der Waals surface area contributed by atoms with Gasteiger partial charge in [0.25, 0.3) is 0 Å². The maximum Gasteiger partial charge on any atom is 0.407 e. The number of amides is 1. The Morgan fingerprint density at radius 3 is 2.51 bits per heavy atom. The number of ketones is 3. The minimum absolute atomic E-state index is 0.0812. The van der Waals surface area contributed by atoms with E-state index in [9.17, 15) is 39.6 Å². The fourth-order valence-electron chi connectivity index (χ4n) is 6.09. The first-order valence-corrected chi connectivity index (χ1v) is 12.4. The molecule has 2 fully saturated rings. The van der Waals surface area contributed by atoms with Crippen LogP contribution >= 0.6 is 0 Å². The van der Waals surface area contributed by atoms with Crippen LogP contribution in [-0.2, 0) is 25.4 Å². The normalized spacial score (nSPS) is 30.9. The predicted molar refractivity (Wildman–Crippen MR) is 129 cm³/mol. The van der Waals surface area contributed by atoms with Crippen LogP contribution in [0.1, 0.15) is 75.8 Å². The van der Waals surface area contributed by atoms with Gasteiger partial charge in [0.1, 0.15) is 29.0 Å². The fraction of sp³-hybridized carbons (Fsp3) is 0.407. The summed E-state index contributed by atoms with van der Waals surface area (Å²) in [4.78, 5) is 51.1. The number of phenolic OH excluding ortho intramolecular Hbond substituents is 3. The van der Waals surface area contributed by atoms with Gasteiger partial charge in [-0.1, -0.05) is 12.1 Å². The first-order valence-electron chi connectivity index (χ1n) is 12.4. The Hall–Kier alpha value is -4.00. The van der Waals surface area contributed by atoms with E-state index < -0.39 is 94.5 Å². The van der Waals surface area contributed by atoms with Gasteiger partial charge in [-0.25, -0.2) is 4.79 Å². The number of ether oxygens (including phenoxy) is 3. The molecule has 2 heterocycles. The van der Waals surface area contributed by atoms with Crippen LogP contribution in [0.5, 0.6) is 17.2 Å². The Morgan fingerprint density at radius 1 is 1.08 bits per heavy atom. The summed E-state index contributed by atoms with van der Waals surface area (Å²) < 4.78 is 17.2. The molecule has 3 unspecified atom stereocenters. The molecule has 2 aliphatic carbocycles. The summed E-state index contributed by atoms with van der Waals surface area (Å²) in [6, 6.07) is 3.46. The van der Waals surface area contributed by atoms with E-state index in [0.717, 1.165) is 0 Å². The third kappa shape index (κ3) is 3.63. The zero-order valence-electron chi connectivity index (χ0n) is 20.9. The van der Waals surface area contributed by atoms with Crippen molar-refractivity contribution in [2.45, 2.75) is 69.4 Å². The molecule has 0 spiro atoms. The average Bonchev–Trinajstić information content (AvgIpc) is 3.25. The number of nitrogens with one attached hydrogen (secondary N) is 1. The van der Waals surface area contributed by atoms with Gasteiger partial charge in [-0.15, -0.1) is 0 Å². The molecule has 39 heavy (non-hydrogen) atoms. The van der Waals surface area contributed by atoms with Gasteiger partial charge in [-0.2, -0.15) is 0 Å². The molecule has 6 rings (SSSR count). The quantitative estimate of drug-likeness (QED) is 0.303. The van der Waals surface area contributed by atoms with Crippen LogP contribution in [0.4, 0.5) is 4.79 Å². The van der Waals surface area contributed by atoms with Gasteiger partial charge in [-0.05, 0) is 19.9 Å². The molecular weight excluding hydrogens is 514 g/mol. The molecule has 0 aromatic heterocycles. The summed E-state index contributed by atoms with van der Waals surface area (Å²) in [5.41, 5.74) is -3.70. The highest BCUT2D eigenvalue weighted by Crippen LogP contribution is 2.52. The third-order valence-electron chi connectivity index (χ3n) is 8.06. The second-order valence-electron chi connectivity index (χ2n) is 10.4. The number of carbonyl (C=O) groups is 4. The number of rotatable bonds is 3. The number of phenols is 3. The van der Waals surface area contributed by atoms with Crippen LogP contribution in [0.2, 0.25) is 0 Å². The highest BCUT2D eigenvalue weighted by Gasteiger charge is 2.50. The lowest BCUT2D eigenvalue weighted by Gasteiger charge is -2.41. The van der Waals surface area contributed by atoms with Crippen molar-refractivity contribution in [2.24, 2.45) is 0 Å². The van der Waals surface area contributed by atoms with Gasteiger partial charge < -0.3 is 40.0 Å². The van der Waals surface area contributed by atoms with Gasteiger partial charge in [0, 0.05) is 36.0 Å². The maximum atomic E-state index is 13.5. The average molecular weight is 539 g/mol. The van der Waals surface area contributed by atoms with Crippen LogP contribution in [0.3, 0.4) is 0 Å². The summed E-state index contributed by atoms with van der Waals surface area (Å²) in [5, 5.41) is 47.0. The third-order valence-corrected chi connectivity index (χ3v) is 8.06. The lowest BCUT2D eigenvalue weighted by Crippen LogP contribution is -2.50. The first-order chi connectivity index (χ1) is 18.4. The Bertz CT molecular complexity index is 1480. The van der Waals surface area contributed by atoms with Crippen LogP contribution in [0.25, 0.3) is 0 Å². The summed E-state index contributed by atoms with van der Waals surface area (Å²) in [6.07, 6.45) is -4.64. The number of hydrogen-bond acceptors (Lipinski definition) is 11. The molecule has 2 saturated heterocycles. The molecule has 12 heteroatoms. The molecule has 12 nitrogen and oxygen atoms in total. The Labute approximate surface area is 221 Å². The molecule has 2 aromatic rings. The van der Waals surface area contributed by atoms with Crippen molar-refractivity contribution in [1.82, 2.24) is 5.32 Å². The monoisotopic (exact) mass is 539 g/mol. The highest BCUT2D eigenvalue weighted by atomic mass is 16.7. The number of alkyl carbamates (subject to hydrolysis) is 1. The number of hydrogen-bond donors (Lipinski definition) is 5.